The van der Waals surface area contributed by atoms with Crippen molar-refractivity contribution in [3.05, 3.63) is 35.9 Å². The highest BCUT2D eigenvalue weighted by molar-refractivity contribution is 5.46. The van der Waals surface area contributed by atoms with Gasteiger partial charge in [0.2, 0.25) is 6.41 Å². The summed E-state index contributed by atoms with van der Waals surface area (Å²) in [6, 6.07) is 10.3. The molecule has 0 saturated heterocycles. The Labute approximate surface area is 86.5 Å². The second-order valence-electron chi connectivity index (χ2n) is 2.98. The summed E-state index contributed by atoms with van der Waals surface area (Å²) >= 11 is 0. The lowest BCUT2D eigenvalue weighted by atomic mass is 10.2. The van der Waals surface area contributed by atoms with Crippen LogP contribution < -0.4 is 0 Å². The van der Waals surface area contributed by atoms with Gasteiger partial charge in [0.1, 0.15) is 0 Å². The van der Waals surface area contributed by atoms with Crippen molar-refractivity contribution in [1.29, 1.82) is 0 Å². The summed E-state index contributed by atoms with van der Waals surface area (Å²) in [7, 11) is 0. The van der Waals surface area contributed by atoms with Crippen LogP contribution >= 0.6 is 0 Å². The molecule has 14 heavy (non-hydrogen) atoms. The Morgan fingerprint density at radius 2 is 1.64 bits per heavy atom. The van der Waals surface area contributed by atoms with Gasteiger partial charge in [-0.15, -0.1) is 0 Å². The van der Waals surface area contributed by atoms with Gasteiger partial charge in [-0.3, -0.25) is 4.79 Å². The highest BCUT2D eigenvalue weighted by atomic mass is 16.1. The first-order valence-electron chi connectivity index (χ1n) is 4.95. The third kappa shape index (κ3) is 6.23. The Balaban J connectivity index is 0.000000241. The van der Waals surface area contributed by atoms with Crippen molar-refractivity contribution in [1.82, 2.24) is 4.90 Å². The largest absolute Gasteiger partial charge is 0.346 e. The van der Waals surface area contributed by atoms with Gasteiger partial charge in [0.25, 0.3) is 0 Å². The minimum Gasteiger partial charge on any atom is -0.346 e. The zero-order valence-electron chi connectivity index (χ0n) is 9.23. The van der Waals surface area contributed by atoms with E-state index < -0.39 is 0 Å². The molecule has 0 aliphatic heterocycles. The van der Waals surface area contributed by atoms with Crippen LogP contribution in [0.25, 0.3) is 0 Å². The number of hydrogen-bond acceptors (Lipinski definition) is 1. The summed E-state index contributed by atoms with van der Waals surface area (Å²) in [6.07, 6.45) is 0.861. The average Bonchev–Trinajstić information content (AvgIpc) is 2.22. The van der Waals surface area contributed by atoms with Crippen molar-refractivity contribution >= 4 is 6.41 Å². The quantitative estimate of drug-likeness (QED) is 0.675. The minimum absolute atomic E-state index is 0.819. The lowest BCUT2D eigenvalue weighted by Gasteiger charge is -2.08. The lowest BCUT2D eigenvalue weighted by Crippen LogP contribution is -2.19. The third-order valence-electron chi connectivity index (χ3n) is 1.90. The summed E-state index contributed by atoms with van der Waals surface area (Å²) < 4.78 is 0. The van der Waals surface area contributed by atoms with Crippen molar-refractivity contribution in [2.75, 3.05) is 13.1 Å². The SMILES string of the molecule is CCN(C=O)CC.Cc1ccccc1. The van der Waals surface area contributed by atoms with Gasteiger partial charge in [0.15, 0.2) is 0 Å². The van der Waals surface area contributed by atoms with Crippen molar-refractivity contribution in [3.8, 4) is 0 Å². The van der Waals surface area contributed by atoms with Gasteiger partial charge in [-0.2, -0.15) is 0 Å². The molecule has 2 heteroatoms. The summed E-state index contributed by atoms with van der Waals surface area (Å²) in [5.41, 5.74) is 1.32. The zero-order chi connectivity index (χ0) is 10.8. The van der Waals surface area contributed by atoms with E-state index in [9.17, 15) is 4.79 Å². The third-order valence-corrected chi connectivity index (χ3v) is 1.90. The number of rotatable bonds is 3. The number of carbonyl (C=O) groups excluding carboxylic acids is 1. The van der Waals surface area contributed by atoms with Crippen LogP contribution in [-0.2, 0) is 4.79 Å². The van der Waals surface area contributed by atoms with E-state index in [0.29, 0.717) is 0 Å². The predicted molar refractivity (Wildman–Crippen MR) is 60.2 cm³/mol. The standard InChI is InChI=1S/C7H8.C5H11NO/c1-7-5-3-2-4-6-7;1-3-6(4-2)5-7/h2-6H,1H3;5H,3-4H2,1-2H3. The molecule has 78 valence electrons. The molecule has 0 heterocycles. The van der Waals surface area contributed by atoms with E-state index in [0.717, 1.165) is 19.5 Å². The smallest absolute Gasteiger partial charge is 0.209 e. The number of aryl methyl sites for hydroxylation is 1. The van der Waals surface area contributed by atoms with E-state index in [-0.39, 0.29) is 0 Å². The summed E-state index contributed by atoms with van der Waals surface area (Å²) in [5, 5.41) is 0. The Hall–Kier alpha value is -1.31. The van der Waals surface area contributed by atoms with E-state index in [1.54, 1.807) is 4.90 Å². The zero-order valence-corrected chi connectivity index (χ0v) is 9.23. The van der Waals surface area contributed by atoms with Crippen LogP contribution in [0.2, 0.25) is 0 Å². The van der Waals surface area contributed by atoms with Gasteiger partial charge in [-0.05, 0) is 20.8 Å². The second-order valence-corrected chi connectivity index (χ2v) is 2.98. The number of hydrogen-bond donors (Lipinski definition) is 0. The van der Waals surface area contributed by atoms with Crippen LogP contribution in [-0.4, -0.2) is 24.4 Å². The maximum absolute atomic E-state index is 9.89. The molecule has 2 nitrogen and oxygen atoms in total. The lowest BCUT2D eigenvalue weighted by molar-refractivity contribution is -0.117. The summed E-state index contributed by atoms with van der Waals surface area (Å²) in [4.78, 5) is 11.6. The van der Waals surface area contributed by atoms with Gasteiger partial charge in [-0.1, -0.05) is 35.9 Å². The van der Waals surface area contributed by atoms with Gasteiger partial charge < -0.3 is 4.90 Å². The van der Waals surface area contributed by atoms with Crippen molar-refractivity contribution in [3.63, 3.8) is 0 Å². The fourth-order valence-electron chi connectivity index (χ4n) is 0.907. The number of nitrogens with zero attached hydrogens (tertiary/aromatic N) is 1. The van der Waals surface area contributed by atoms with E-state index in [4.69, 9.17) is 0 Å². The molecule has 0 fully saturated rings. The predicted octanol–water partition coefficient (Wildman–Crippen LogP) is 2.48. The second kappa shape index (κ2) is 8.30. The molecular weight excluding hydrogens is 174 g/mol. The molecule has 1 aromatic rings. The van der Waals surface area contributed by atoms with Crippen LogP contribution in [0.3, 0.4) is 0 Å². The molecule has 0 saturated carbocycles. The van der Waals surface area contributed by atoms with Crippen LogP contribution in [0.1, 0.15) is 19.4 Å². The number of amides is 1. The fourth-order valence-corrected chi connectivity index (χ4v) is 0.907. The molecule has 0 unspecified atom stereocenters. The maximum atomic E-state index is 9.89. The van der Waals surface area contributed by atoms with E-state index >= 15 is 0 Å². The van der Waals surface area contributed by atoms with Crippen LogP contribution in [0.5, 0.6) is 0 Å². The molecular formula is C12H19NO. The molecule has 1 rings (SSSR count). The average molecular weight is 193 g/mol. The highest BCUT2D eigenvalue weighted by Crippen LogP contribution is 1.92. The Bertz CT molecular complexity index is 229. The molecule has 0 aliphatic rings. The molecule has 1 aromatic carbocycles. The molecule has 0 bridgehead atoms. The van der Waals surface area contributed by atoms with Crippen molar-refractivity contribution in [2.24, 2.45) is 0 Å². The monoisotopic (exact) mass is 193 g/mol. The minimum atomic E-state index is 0.819. The first-order chi connectivity index (χ1) is 6.74. The Kier molecular flexibility index (Phi) is 7.52. The summed E-state index contributed by atoms with van der Waals surface area (Å²) in [5.74, 6) is 0. The molecule has 0 N–H and O–H groups in total. The van der Waals surface area contributed by atoms with Crippen molar-refractivity contribution < 1.29 is 4.79 Å². The Morgan fingerprint density at radius 1 is 1.14 bits per heavy atom. The van der Waals surface area contributed by atoms with E-state index in [1.165, 1.54) is 5.56 Å². The Morgan fingerprint density at radius 3 is 1.79 bits per heavy atom. The van der Waals surface area contributed by atoms with E-state index in [1.807, 2.05) is 32.0 Å². The van der Waals surface area contributed by atoms with Crippen LogP contribution in [0.4, 0.5) is 0 Å². The number of carbonyl (C=O) groups is 1. The normalized spacial score (nSPS) is 8.50. The summed E-state index contributed by atoms with van der Waals surface area (Å²) in [6.45, 7) is 7.63. The van der Waals surface area contributed by atoms with Gasteiger partial charge in [0, 0.05) is 13.1 Å². The van der Waals surface area contributed by atoms with Gasteiger partial charge >= 0.3 is 0 Å². The molecule has 0 radical (unpaired) electrons. The molecule has 0 spiro atoms. The van der Waals surface area contributed by atoms with Gasteiger partial charge in [-0.25, -0.2) is 0 Å². The van der Waals surface area contributed by atoms with Crippen molar-refractivity contribution in [2.45, 2.75) is 20.8 Å². The van der Waals surface area contributed by atoms with E-state index in [2.05, 4.69) is 19.1 Å². The fraction of sp³-hybridized carbons (Fsp3) is 0.417. The molecule has 0 atom stereocenters. The number of benzene rings is 1. The molecule has 0 aromatic heterocycles. The topological polar surface area (TPSA) is 20.3 Å². The maximum Gasteiger partial charge on any atom is 0.209 e. The van der Waals surface area contributed by atoms with Crippen LogP contribution in [0.15, 0.2) is 30.3 Å². The van der Waals surface area contributed by atoms with Crippen LogP contribution in [0, 0.1) is 6.92 Å². The van der Waals surface area contributed by atoms with Gasteiger partial charge in [0.05, 0.1) is 0 Å². The molecule has 1 amide bonds. The highest BCUT2D eigenvalue weighted by Gasteiger charge is 1.87. The first kappa shape index (κ1) is 12.7. The first-order valence-corrected chi connectivity index (χ1v) is 4.95. The molecule has 0 aliphatic carbocycles.